The number of thioether (sulfide) groups is 1. The van der Waals surface area contributed by atoms with E-state index in [0.29, 0.717) is 46.2 Å². The number of carbonyl (C=O) groups excluding carboxylic acids is 2. The van der Waals surface area contributed by atoms with Crippen LogP contribution in [0.4, 0.5) is 11.4 Å². The molecule has 0 atom stereocenters. The van der Waals surface area contributed by atoms with Crippen molar-refractivity contribution >= 4 is 46.0 Å². The molecule has 2 aromatic heterocycles. The summed E-state index contributed by atoms with van der Waals surface area (Å²) in [7, 11) is 0. The molecular formula is C28H25N3O5S. The molecule has 1 aliphatic heterocycles. The largest absolute Gasteiger partial charge is 0.463 e. The minimum absolute atomic E-state index is 0.170. The lowest BCUT2D eigenvalue weighted by atomic mass is 10.1. The van der Waals surface area contributed by atoms with Gasteiger partial charge in [0, 0.05) is 36.9 Å². The van der Waals surface area contributed by atoms with Crippen LogP contribution in [0.2, 0.25) is 0 Å². The minimum Gasteiger partial charge on any atom is -0.463 e. The van der Waals surface area contributed by atoms with Crippen LogP contribution in [-0.2, 0) is 4.74 Å². The fourth-order valence-corrected chi connectivity index (χ4v) is 4.91. The van der Waals surface area contributed by atoms with E-state index in [0.717, 1.165) is 17.9 Å². The number of benzene rings is 2. The Kier molecular flexibility index (Phi) is 6.21. The zero-order valence-electron chi connectivity index (χ0n) is 20.3. The molecule has 1 amide bonds. The number of hydrogen-bond donors (Lipinski definition) is 0. The van der Waals surface area contributed by atoms with Crippen LogP contribution in [0.25, 0.3) is 11.0 Å². The van der Waals surface area contributed by atoms with Crippen LogP contribution in [0.1, 0.15) is 33.6 Å². The van der Waals surface area contributed by atoms with Gasteiger partial charge in [0.1, 0.15) is 40.4 Å². The summed E-state index contributed by atoms with van der Waals surface area (Å²) in [4.78, 5) is 34.6. The molecule has 188 valence electrons. The van der Waals surface area contributed by atoms with Gasteiger partial charge in [-0.05, 0) is 55.5 Å². The van der Waals surface area contributed by atoms with Crippen LogP contribution in [-0.4, -0.2) is 48.2 Å². The normalized spacial score (nSPS) is 14.9. The molecule has 9 heteroatoms. The molecule has 2 aromatic carbocycles. The van der Waals surface area contributed by atoms with Gasteiger partial charge in [0.2, 0.25) is 0 Å². The van der Waals surface area contributed by atoms with Gasteiger partial charge in [-0.1, -0.05) is 12.1 Å². The molecular weight excluding hydrogens is 490 g/mol. The van der Waals surface area contributed by atoms with E-state index >= 15 is 0 Å². The number of aromatic nitrogens is 1. The van der Waals surface area contributed by atoms with E-state index in [2.05, 4.69) is 16.0 Å². The summed E-state index contributed by atoms with van der Waals surface area (Å²) in [5, 5.41) is 0.579. The van der Waals surface area contributed by atoms with Crippen molar-refractivity contribution in [3.05, 3.63) is 78.3 Å². The molecule has 0 radical (unpaired) electrons. The lowest BCUT2D eigenvalue weighted by molar-refractivity contribution is 0.0580. The minimum atomic E-state index is -0.464. The Hall–Kier alpha value is -3.98. The number of fused-ring (bicyclic) bond motifs is 2. The lowest BCUT2D eigenvalue weighted by Crippen LogP contribution is -2.45. The van der Waals surface area contributed by atoms with Crippen molar-refractivity contribution in [3.63, 3.8) is 0 Å². The lowest BCUT2D eigenvalue weighted by Gasteiger charge is -2.38. The molecule has 0 N–H and O–H groups in total. The second-order valence-corrected chi connectivity index (χ2v) is 9.80. The molecule has 8 nitrogen and oxygen atoms in total. The molecule has 0 spiro atoms. The highest BCUT2D eigenvalue weighted by molar-refractivity contribution is 7.98. The molecule has 3 heterocycles. The zero-order chi connectivity index (χ0) is 25.4. The van der Waals surface area contributed by atoms with Gasteiger partial charge in [-0.2, -0.15) is 0 Å². The monoisotopic (exact) mass is 515 g/mol. The topological polar surface area (TPSA) is 85.1 Å². The third-order valence-corrected chi connectivity index (χ3v) is 6.94. The van der Waals surface area contributed by atoms with Crippen LogP contribution >= 0.6 is 11.8 Å². The SMILES string of the molecule is CSCOC(=O)c1coc2ccc(Oc3ccncc3C(=O)N3CCN(C4CC4)c4ccccc43)cc12. The fraction of sp³-hybridized carbons (Fsp3) is 0.250. The average molecular weight is 516 g/mol. The first-order chi connectivity index (χ1) is 18.1. The summed E-state index contributed by atoms with van der Waals surface area (Å²) in [6.07, 6.45) is 8.76. The highest BCUT2D eigenvalue weighted by Crippen LogP contribution is 2.41. The first-order valence-corrected chi connectivity index (χ1v) is 13.5. The van der Waals surface area contributed by atoms with Crippen molar-refractivity contribution < 1.29 is 23.5 Å². The summed E-state index contributed by atoms with van der Waals surface area (Å²) in [6.45, 7) is 1.37. The predicted molar refractivity (Wildman–Crippen MR) is 143 cm³/mol. The first kappa shape index (κ1) is 23.4. The molecule has 6 rings (SSSR count). The van der Waals surface area contributed by atoms with E-state index in [9.17, 15) is 9.59 Å². The number of amides is 1. The van der Waals surface area contributed by atoms with Crippen LogP contribution in [0.15, 0.2) is 71.6 Å². The number of esters is 1. The Morgan fingerprint density at radius 2 is 1.92 bits per heavy atom. The quantitative estimate of drug-likeness (QED) is 0.228. The maximum atomic E-state index is 13.8. The second kappa shape index (κ2) is 9.82. The van der Waals surface area contributed by atoms with Gasteiger partial charge in [0.25, 0.3) is 5.91 Å². The Labute approximate surface area is 218 Å². The van der Waals surface area contributed by atoms with E-state index in [-0.39, 0.29) is 11.8 Å². The fourth-order valence-electron chi connectivity index (χ4n) is 4.68. The Balaban J connectivity index is 1.29. The van der Waals surface area contributed by atoms with E-state index in [1.807, 2.05) is 24.5 Å². The number of hydrogen-bond acceptors (Lipinski definition) is 8. The predicted octanol–water partition coefficient (Wildman–Crippen LogP) is 5.73. The number of rotatable bonds is 7. The third kappa shape index (κ3) is 4.51. The number of nitrogens with zero attached hydrogens (tertiary/aromatic N) is 3. The zero-order valence-corrected chi connectivity index (χ0v) is 21.1. The van der Waals surface area contributed by atoms with Gasteiger partial charge in [-0.25, -0.2) is 4.79 Å². The van der Waals surface area contributed by atoms with Gasteiger partial charge in [0.15, 0.2) is 0 Å². The molecule has 1 fully saturated rings. The van der Waals surface area contributed by atoms with Crippen LogP contribution in [0, 0.1) is 0 Å². The van der Waals surface area contributed by atoms with Crippen LogP contribution in [0.5, 0.6) is 11.5 Å². The molecule has 37 heavy (non-hydrogen) atoms. The molecule has 0 bridgehead atoms. The molecule has 0 saturated heterocycles. The Bertz CT molecular complexity index is 1480. The molecule has 2 aliphatic rings. The smallest absolute Gasteiger partial charge is 0.342 e. The van der Waals surface area contributed by atoms with Crippen LogP contribution < -0.4 is 14.5 Å². The number of pyridine rings is 1. The van der Waals surface area contributed by atoms with Crippen molar-refractivity contribution in [2.45, 2.75) is 18.9 Å². The Morgan fingerprint density at radius 3 is 2.73 bits per heavy atom. The van der Waals surface area contributed by atoms with Crippen molar-refractivity contribution in [2.75, 3.05) is 35.1 Å². The van der Waals surface area contributed by atoms with Gasteiger partial charge >= 0.3 is 5.97 Å². The number of carbonyl (C=O) groups is 2. The molecule has 1 aliphatic carbocycles. The van der Waals surface area contributed by atoms with Gasteiger partial charge in [0.05, 0.1) is 11.4 Å². The highest BCUT2D eigenvalue weighted by Gasteiger charge is 2.36. The first-order valence-electron chi connectivity index (χ1n) is 12.1. The average Bonchev–Trinajstić information content (AvgIpc) is 3.69. The number of furan rings is 1. The van der Waals surface area contributed by atoms with E-state index in [1.54, 1.807) is 35.4 Å². The Morgan fingerprint density at radius 1 is 1.08 bits per heavy atom. The maximum Gasteiger partial charge on any atom is 0.342 e. The highest BCUT2D eigenvalue weighted by atomic mass is 32.2. The van der Waals surface area contributed by atoms with E-state index < -0.39 is 5.97 Å². The van der Waals surface area contributed by atoms with Crippen LogP contribution in [0.3, 0.4) is 0 Å². The molecule has 0 unspecified atom stereocenters. The van der Waals surface area contributed by atoms with Crippen molar-refractivity contribution in [1.82, 2.24) is 4.98 Å². The van der Waals surface area contributed by atoms with Crippen molar-refractivity contribution in [1.29, 1.82) is 0 Å². The van der Waals surface area contributed by atoms with Gasteiger partial charge in [-0.3, -0.25) is 9.78 Å². The number of para-hydroxylation sites is 2. The summed E-state index contributed by atoms with van der Waals surface area (Å²) in [5.41, 5.74) is 3.21. The van der Waals surface area contributed by atoms with Crippen molar-refractivity contribution in [2.24, 2.45) is 0 Å². The van der Waals surface area contributed by atoms with E-state index in [1.165, 1.54) is 37.1 Å². The van der Waals surface area contributed by atoms with Gasteiger partial charge < -0.3 is 23.7 Å². The van der Waals surface area contributed by atoms with Gasteiger partial charge in [-0.15, -0.1) is 11.8 Å². The summed E-state index contributed by atoms with van der Waals surface area (Å²) in [6, 6.07) is 15.5. The molecule has 1 saturated carbocycles. The maximum absolute atomic E-state index is 13.8. The second-order valence-electron chi connectivity index (χ2n) is 8.99. The summed E-state index contributed by atoms with van der Waals surface area (Å²) < 4.78 is 16.9. The number of anilines is 2. The van der Waals surface area contributed by atoms with Crippen molar-refractivity contribution in [3.8, 4) is 11.5 Å². The standard InChI is InChI=1S/C28H25N3O5S/c1-37-17-35-28(33)22-16-34-25-9-8-19(14-20(22)25)36-26-10-11-29-15-21(26)27(32)31-13-12-30(18-6-7-18)23-4-2-3-5-24(23)31/h2-5,8-11,14-16,18H,6-7,12-13,17H2,1H3. The van der Waals surface area contributed by atoms with E-state index in [4.69, 9.17) is 13.9 Å². The molecule has 4 aromatic rings. The summed E-state index contributed by atoms with van der Waals surface area (Å²) in [5.74, 6) is 0.469. The third-order valence-electron chi connectivity index (χ3n) is 6.59. The number of ether oxygens (including phenoxy) is 2. The summed E-state index contributed by atoms with van der Waals surface area (Å²) >= 11 is 1.41.